The van der Waals surface area contributed by atoms with Gasteiger partial charge in [-0.3, -0.25) is 0 Å². The van der Waals surface area contributed by atoms with Gasteiger partial charge in [-0.25, -0.2) is 14.8 Å². The molecule has 1 amide bonds. The van der Waals surface area contributed by atoms with Gasteiger partial charge in [0.15, 0.2) is 28.4 Å². The van der Waals surface area contributed by atoms with Gasteiger partial charge in [-0.2, -0.15) is 0 Å². The number of aromatic amines is 1. The van der Waals surface area contributed by atoms with Crippen molar-refractivity contribution >= 4 is 17.3 Å². The summed E-state index contributed by atoms with van der Waals surface area (Å²) in [7, 11) is 4.54. The van der Waals surface area contributed by atoms with Crippen LogP contribution in [0, 0.1) is 0 Å². The number of fused-ring (bicyclic) bond motifs is 1. The highest BCUT2D eigenvalue weighted by Gasteiger charge is 2.17. The van der Waals surface area contributed by atoms with Crippen LogP contribution in [-0.4, -0.2) is 71.8 Å². The highest BCUT2D eigenvalue weighted by atomic mass is 16.6. The zero-order valence-corrected chi connectivity index (χ0v) is 16.6. The molecule has 1 unspecified atom stereocenters. The molecule has 160 valence electrons. The Morgan fingerprint density at radius 2 is 1.87 bits per heavy atom. The number of benzene rings is 1. The van der Waals surface area contributed by atoms with E-state index < -0.39 is 18.8 Å². The largest absolute Gasteiger partial charge is 0.493 e. The van der Waals surface area contributed by atoms with Gasteiger partial charge in [0.25, 0.3) is 0 Å². The van der Waals surface area contributed by atoms with Crippen molar-refractivity contribution in [3.63, 3.8) is 0 Å². The second kappa shape index (κ2) is 9.29. The lowest BCUT2D eigenvalue weighted by molar-refractivity contribution is 0.0937. The van der Waals surface area contributed by atoms with Crippen molar-refractivity contribution in [1.82, 2.24) is 20.3 Å². The summed E-state index contributed by atoms with van der Waals surface area (Å²) in [5.74, 6) is 1.52. The minimum atomic E-state index is -1.08. The van der Waals surface area contributed by atoms with E-state index in [-0.39, 0.29) is 12.3 Å². The molecule has 4 N–H and O–H groups in total. The normalized spacial score (nSPS) is 11.8. The Balaban J connectivity index is 1.92. The molecule has 2 heterocycles. The third kappa shape index (κ3) is 4.36. The zero-order chi connectivity index (χ0) is 21.7. The first-order valence-corrected chi connectivity index (χ1v) is 8.89. The highest BCUT2D eigenvalue weighted by Crippen LogP contribution is 2.41. The number of ether oxygens (including phenoxy) is 4. The summed E-state index contributed by atoms with van der Waals surface area (Å²) in [6.07, 6.45) is 1.13. The molecule has 3 rings (SSSR count). The molecule has 0 aliphatic rings. The lowest BCUT2D eigenvalue weighted by Crippen LogP contribution is -2.35. The maximum atomic E-state index is 11.9. The number of aliphatic hydroxyl groups is 2. The van der Waals surface area contributed by atoms with Crippen molar-refractivity contribution < 1.29 is 34.0 Å². The second-order valence-electron chi connectivity index (χ2n) is 6.13. The van der Waals surface area contributed by atoms with E-state index >= 15 is 0 Å². The third-order valence-electron chi connectivity index (χ3n) is 4.20. The van der Waals surface area contributed by atoms with Crippen LogP contribution < -0.4 is 24.3 Å². The van der Waals surface area contributed by atoms with E-state index in [9.17, 15) is 9.90 Å². The van der Waals surface area contributed by atoms with Gasteiger partial charge in [0, 0.05) is 18.3 Å². The van der Waals surface area contributed by atoms with Crippen LogP contribution in [-0.2, 0) is 0 Å². The molecule has 1 aromatic carbocycles. The number of nitrogens with zero attached hydrogens (tertiary/aromatic N) is 2. The Morgan fingerprint density at radius 3 is 2.47 bits per heavy atom. The number of rotatable bonds is 8. The fourth-order valence-corrected chi connectivity index (χ4v) is 2.72. The number of carbonyl (C=O) groups excluding carboxylic acids is 1. The molecular formula is C19H22N4O7. The predicted molar refractivity (Wildman–Crippen MR) is 106 cm³/mol. The Bertz CT molecular complexity index is 1010. The number of hydrogen-bond donors (Lipinski definition) is 4. The topological polar surface area (TPSA) is 148 Å². The number of H-pyrrole nitrogens is 1. The number of aromatic nitrogens is 3. The highest BCUT2D eigenvalue weighted by molar-refractivity contribution is 5.84. The van der Waals surface area contributed by atoms with Gasteiger partial charge >= 0.3 is 6.09 Å². The number of methoxy groups -OCH3 is 3. The van der Waals surface area contributed by atoms with Crippen LogP contribution in [0.3, 0.4) is 0 Å². The van der Waals surface area contributed by atoms with Crippen molar-refractivity contribution in [2.45, 2.75) is 6.10 Å². The summed E-state index contributed by atoms with van der Waals surface area (Å²) in [5, 5.41) is 20.5. The van der Waals surface area contributed by atoms with Crippen molar-refractivity contribution in [3.8, 4) is 34.3 Å². The second-order valence-corrected chi connectivity index (χ2v) is 6.13. The number of amides is 1. The summed E-state index contributed by atoms with van der Waals surface area (Å²) in [6, 6.07) is 3.46. The van der Waals surface area contributed by atoms with Gasteiger partial charge in [0.2, 0.25) is 5.75 Å². The van der Waals surface area contributed by atoms with Gasteiger partial charge in [-0.05, 0) is 12.1 Å². The van der Waals surface area contributed by atoms with E-state index in [0.717, 1.165) is 0 Å². The Hall–Kier alpha value is -3.57. The van der Waals surface area contributed by atoms with Crippen LogP contribution in [0.2, 0.25) is 0 Å². The molecule has 1 atom stereocenters. The van der Waals surface area contributed by atoms with Crippen LogP contribution in [0.1, 0.15) is 0 Å². The molecule has 3 aromatic rings. The van der Waals surface area contributed by atoms with Gasteiger partial charge in [0.05, 0.1) is 45.9 Å². The van der Waals surface area contributed by atoms with E-state index in [4.69, 9.17) is 24.1 Å². The molecular weight excluding hydrogens is 396 g/mol. The maximum Gasteiger partial charge on any atom is 0.412 e. The van der Waals surface area contributed by atoms with Crippen LogP contribution in [0.15, 0.2) is 24.5 Å². The molecule has 30 heavy (non-hydrogen) atoms. The van der Waals surface area contributed by atoms with Gasteiger partial charge in [-0.15, -0.1) is 0 Å². The summed E-state index contributed by atoms with van der Waals surface area (Å²) in [5.41, 5.74) is 1.90. The maximum absolute atomic E-state index is 11.9. The average Bonchev–Trinajstić information content (AvgIpc) is 3.17. The molecule has 0 fully saturated rings. The monoisotopic (exact) mass is 418 g/mol. The number of carbonyl (C=O) groups is 1. The Labute approximate surface area is 171 Å². The molecule has 0 spiro atoms. The number of aliphatic hydroxyl groups excluding tert-OH is 2. The number of nitrogens with one attached hydrogen (secondary N) is 2. The lowest BCUT2D eigenvalue weighted by atomic mass is 10.1. The van der Waals surface area contributed by atoms with Gasteiger partial charge in [0.1, 0.15) is 0 Å². The molecule has 11 nitrogen and oxygen atoms in total. The van der Waals surface area contributed by atoms with Gasteiger partial charge in [-0.1, -0.05) is 0 Å². The van der Waals surface area contributed by atoms with Crippen LogP contribution >= 0.6 is 0 Å². The molecule has 0 bridgehead atoms. The van der Waals surface area contributed by atoms with Crippen molar-refractivity contribution in [3.05, 3.63) is 24.5 Å². The molecule has 0 saturated carbocycles. The van der Waals surface area contributed by atoms with Crippen LogP contribution in [0.4, 0.5) is 4.79 Å². The molecule has 11 heteroatoms. The first kappa shape index (κ1) is 21.1. The molecule has 0 radical (unpaired) electrons. The van der Waals surface area contributed by atoms with E-state index in [0.29, 0.717) is 39.7 Å². The van der Waals surface area contributed by atoms with Gasteiger partial charge < -0.3 is 39.5 Å². The summed E-state index contributed by atoms with van der Waals surface area (Å²) >= 11 is 0. The van der Waals surface area contributed by atoms with Crippen LogP contribution in [0.5, 0.6) is 23.0 Å². The molecule has 0 aliphatic heterocycles. The molecule has 2 aromatic heterocycles. The molecule has 0 saturated heterocycles. The fourth-order valence-electron chi connectivity index (χ4n) is 2.72. The van der Waals surface area contributed by atoms with Crippen molar-refractivity contribution in [2.24, 2.45) is 0 Å². The first-order valence-electron chi connectivity index (χ1n) is 8.89. The summed E-state index contributed by atoms with van der Waals surface area (Å²) < 4.78 is 21.3. The zero-order valence-electron chi connectivity index (χ0n) is 16.6. The average molecular weight is 418 g/mol. The van der Waals surface area contributed by atoms with E-state index in [1.54, 1.807) is 18.3 Å². The van der Waals surface area contributed by atoms with Crippen molar-refractivity contribution in [2.75, 3.05) is 34.5 Å². The minimum Gasteiger partial charge on any atom is -0.493 e. The first-order chi connectivity index (χ1) is 14.5. The number of hydrogen-bond acceptors (Lipinski definition) is 9. The Kier molecular flexibility index (Phi) is 6.54. The van der Waals surface area contributed by atoms with Crippen LogP contribution in [0.25, 0.3) is 22.4 Å². The van der Waals surface area contributed by atoms with E-state index in [2.05, 4.69) is 20.3 Å². The molecule has 0 aliphatic carbocycles. The van der Waals surface area contributed by atoms with E-state index in [1.807, 2.05) is 0 Å². The predicted octanol–water partition coefficient (Wildman–Crippen LogP) is 1.09. The fraction of sp³-hybridized carbons (Fsp3) is 0.316. The standard InChI is InChI=1S/C19H22N4O7/c1-27-13-4-10(5-14(28-2)17(13)29-3)12-7-20-18-16(23-12)15(8-21-18)30-19(26)22-6-11(25)9-24/h4-5,7-8,11,24-25H,6,9H2,1-3H3,(H,20,21)(H,22,26). The third-order valence-corrected chi connectivity index (χ3v) is 4.20. The Morgan fingerprint density at radius 1 is 1.17 bits per heavy atom. The quantitative estimate of drug-likeness (QED) is 0.422. The minimum absolute atomic E-state index is 0.153. The van der Waals surface area contributed by atoms with E-state index in [1.165, 1.54) is 27.5 Å². The summed E-state index contributed by atoms with van der Waals surface area (Å²) in [4.78, 5) is 23.7. The summed E-state index contributed by atoms with van der Waals surface area (Å²) in [6.45, 7) is -0.628. The lowest BCUT2D eigenvalue weighted by Gasteiger charge is -2.14. The smallest absolute Gasteiger partial charge is 0.412 e. The SMILES string of the molecule is COc1cc(-c2cnc3[nH]cc(OC(=O)NCC(O)CO)c3n2)cc(OC)c1OC. The van der Waals surface area contributed by atoms with Crippen molar-refractivity contribution in [1.29, 1.82) is 0 Å².